The van der Waals surface area contributed by atoms with E-state index in [0.717, 1.165) is 12.1 Å². The molecule has 94 valence electrons. The Morgan fingerprint density at radius 2 is 2.29 bits per heavy atom. The minimum atomic E-state index is -0.321. The fraction of sp³-hybridized carbons (Fsp3) is 0.500. The van der Waals surface area contributed by atoms with Gasteiger partial charge < -0.3 is 5.73 Å². The van der Waals surface area contributed by atoms with E-state index in [1.54, 1.807) is 6.20 Å². The molecule has 0 aliphatic heterocycles. The third kappa shape index (κ3) is 4.48. The van der Waals surface area contributed by atoms with Gasteiger partial charge in [0, 0.05) is 25.2 Å². The fourth-order valence-corrected chi connectivity index (χ4v) is 1.59. The summed E-state index contributed by atoms with van der Waals surface area (Å²) in [7, 11) is 0. The second kappa shape index (κ2) is 6.30. The van der Waals surface area contributed by atoms with Crippen molar-refractivity contribution < 1.29 is 4.39 Å². The van der Waals surface area contributed by atoms with Crippen molar-refractivity contribution in [3.05, 3.63) is 29.8 Å². The van der Waals surface area contributed by atoms with Crippen LogP contribution in [0.1, 0.15) is 19.4 Å². The molecule has 4 nitrogen and oxygen atoms in total. The summed E-state index contributed by atoms with van der Waals surface area (Å²) in [6, 6.07) is 1.48. The van der Waals surface area contributed by atoms with Crippen molar-refractivity contribution >= 4 is 5.84 Å². The lowest BCUT2D eigenvalue weighted by atomic mass is 10.1. The molecule has 0 fully saturated rings. The van der Waals surface area contributed by atoms with Crippen LogP contribution in [-0.2, 0) is 6.54 Å². The van der Waals surface area contributed by atoms with Gasteiger partial charge in [-0.2, -0.15) is 0 Å². The Kier molecular flexibility index (Phi) is 5.03. The number of hydrogen-bond donors (Lipinski definition) is 2. The Morgan fingerprint density at radius 3 is 2.82 bits per heavy atom. The summed E-state index contributed by atoms with van der Waals surface area (Å²) in [5.74, 6) is -0.129. The van der Waals surface area contributed by atoms with Gasteiger partial charge in [0.25, 0.3) is 0 Å². The maximum absolute atomic E-state index is 13.0. The highest BCUT2D eigenvalue weighted by molar-refractivity contribution is 5.79. The number of halogens is 1. The van der Waals surface area contributed by atoms with Crippen molar-refractivity contribution in [1.29, 1.82) is 5.41 Å². The van der Waals surface area contributed by atoms with Gasteiger partial charge in [0.1, 0.15) is 5.82 Å². The molecule has 1 aromatic heterocycles. The minimum Gasteiger partial charge on any atom is -0.387 e. The first-order valence-electron chi connectivity index (χ1n) is 5.68. The summed E-state index contributed by atoms with van der Waals surface area (Å²) < 4.78 is 13.0. The molecule has 0 radical (unpaired) electrons. The molecular formula is C12H19FN4. The Labute approximate surface area is 101 Å². The molecule has 3 N–H and O–H groups in total. The molecule has 0 bridgehead atoms. The van der Waals surface area contributed by atoms with Gasteiger partial charge in [-0.05, 0) is 18.2 Å². The number of pyridine rings is 1. The molecular weight excluding hydrogens is 219 g/mol. The standard InChI is InChI=1S/C12H19FN4/c1-3-17(7-9(2)12(14)15)8-10-4-11(13)6-16-5-10/h4-6,9H,3,7-8H2,1-2H3,(H3,14,15). The zero-order valence-corrected chi connectivity index (χ0v) is 10.3. The number of nitrogens with two attached hydrogens (primary N) is 1. The van der Waals surface area contributed by atoms with E-state index >= 15 is 0 Å². The van der Waals surface area contributed by atoms with E-state index in [-0.39, 0.29) is 17.6 Å². The van der Waals surface area contributed by atoms with Crippen LogP contribution in [0.4, 0.5) is 4.39 Å². The lowest BCUT2D eigenvalue weighted by Crippen LogP contribution is -2.34. The fourth-order valence-electron chi connectivity index (χ4n) is 1.59. The average Bonchev–Trinajstić information content (AvgIpc) is 2.27. The second-order valence-corrected chi connectivity index (χ2v) is 4.20. The topological polar surface area (TPSA) is 66.0 Å². The maximum atomic E-state index is 13.0. The molecule has 0 aliphatic rings. The number of nitrogens with zero attached hydrogens (tertiary/aromatic N) is 2. The molecule has 17 heavy (non-hydrogen) atoms. The molecule has 0 aliphatic carbocycles. The smallest absolute Gasteiger partial charge is 0.141 e. The predicted octanol–water partition coefficient (Wildman–Crippen LogP) is 1.61. The number of hydrogen-bond acceptors (Lipinski definition) is 3. The van der Waals surface area contributed by atoms with E-state index in [1.165, 1.54) is 12.3 Å². The number of nitrogens with one attached hydrogen (secondary N) is 1. The summed E-state index contributed by atoms with van der Waals surface area (Å²) in [6.07, 6.45) is 2.85. The third-order valence-corrected chi connectivity index (χ3v) is 2.68. The van der Waals surface area contributed by atoms with E-state index in [2.05, 4.69) is 9.88 Å². The minimum absolute atomic E-state index is 0.0106. The zero-order valence-electron chi connectivity index (χ0n) is 10.3. The van der Waals surface area contributed by atoms with Gasteiger partial charge in [0.15, 0.2) is 0 Å². The number of aromatic nitrogens is 1. The van der Waals surface area contributed by atoms with E-state index in [0.29, 0.717) is 13.1 Å². The molecule has 0 aromatic carbocycles. The molecule has 5 heteroatoms. The van der Waals surface area contributed by atoms with Crippen LogP contribution in [0.3, 0.4) is 0 Å². The van der Waals surface area contributed by atoms with Crippen LogP contribution in [0.25, 0.3) is 0 Å². The van der Waals surface area contributed by atoms with E-state index < -0.39 is 0 Å². The quantitative estimate of drug-likeness (QED) is 0.584. The second-order valence-electron chi connectivity index (χ2n) is 4.20. The van der Waals surface area contributed by atoms with E-state index in [1.807, 2.05) is 13.8 Å². The Morgan fingerprint density at radius 1 is 1.59 bits per heavy atom. The van der Waals surface area contributed by atoms with Crippen LogP contribution in [0.2, 0.25) is 0 Å². The average molecular weight is 238 g/mol. The van der Waals surface area contributed by atoms with Gasteiger partial charge >= 0.3 is 0 Å². The molecule has 1 atom stereocenters. The molecule has 1 rings (SSSR count). The lowest BCUT2D eigenvalue weighted by molar-refractivity contribution is 0.262. The lowest BCUT2D eigenvalue weighted by Gasteiger charge is -2.23. The van der Waals surface area contributed by atoms with Gasteiger partial charge in [0.05, 0.1) is 12.0 Å². The van der Waals surface area contributed by atoms with Crippen LogP contribution in [-0.4, -0.2) is 28.8 Å². The highest BCUT2D eigenvalue weighted by Crippen LogP contribution is 2.07. The number of amidine groups is 1. The first-order chi connectivity index (χ1) is 8.02. The summed E-state index contributed by atoms with van der Waals surface area (Å²) in [5, 5.41) is 7.36. The van der Waals surface area contributed by atoms with Crippen LogP contribution in [0.15, 0.2) is 18.5 Å². The third-order valence-electron chi connectivity index (χ3n) is 2.68. The van der Waals surface area contributed by atoms with Crippen molar-refractivity contribution in [2.45, 2.75) is 20.4 Å². The highest BCUT2D eigenvalue weighted by Gasteiger charge is 2.11. The Bertz CT molecular complexity index is 381. The van der Waals surface area contributed by atoms with Crippen molar-refractivity contribution in [3.63, 3.8) is 0 Å². The van der Waals surface area contributed by atoms with Crippen LogP contribution >= 0.6 is 0 Å². The normalized spacial score (nSPS) is 12.7. The molecule has 0 saturated carbocycles. The Hall–Kier alpha value is -1.49. The van der Waals surface area contributed by atoms with E-state index in [9.17, 15) is 4.39 Å². The van der Waals surface area contributed by atoms with Gasteiger partial charge in [0.2, 0.25) is 0 Å². The first kappa shape index (κ1) is 13.6. The molecule has 0 spiro atoms. The summed E-state index contributed by atoms with van der Waals surface area (Å²) in [6.45, 7) is 6.09. The maximum Gasteiger partial charge on any atom is 0.141 e. The molecule has 0 saturated heterocycles. The largest absolute Gasteiger partial charge is 0.387 e. The van der Waals surface area contributed by atoms with Crippen molar-refractivity contribution in [1.82, 2.24) is 9.88 Å². The summed E-state index contributed by atoms with van der Waals surface area (Å²) in [5.41, 5.74) is 6.28. The predicted molar refractivity (Wildman–Crippen MR) is 66.2 cm³/mol. The van der Waals surface area contributed by atoms with Crippen molar-refractivity contribution in [3.8, 4) is 0 Å². The van der Waals surface area contributed by atoms with E-state index in [4.69, 9.17) is 11.1 Å². The molecule has 0 amide bonds. The summed E-state index contributed by atoms with van der Waals surface area (Å²) >= 11 is 0. The van der Waals surface area contributed by atoms with Gasteiger partial charge in [-0.25, -0.2) is 4.39 Å². The SMILES string of the molecule is CCN(Cc1cncc(F)c1)CC(C)C(=N)N. The van der Waals surface area contributed by atoms with Crippen LogP contribution < -0.4 is 5.73 Å². The van der Waals surface area contributed by atoms with Gasteiger partial charge in [-0.15, -0.1) is 0 Å². The zero-order chi connectivity index (χ0) is 12.8. The van der Waals surface area contributed by atoms with Gasteiger partial charge in [-0.1, -0.05) is 13.8 Å². The molecule has 1 heterocycles. The summed E-state index contributed by atoms with van der Waals surface area (Å²) in [4.78, 5) is 5.93. The molecule has 1 unspecified atom stereocenters. The monoisotopic (exact) mass is 238 g/mol. The number of rotatable bonds is 6. The molecule has 1 aromatic rings. The van der Waals surface area contributed by atoms with Gasteiger partial charge in [-0.3, -0.25) is 15.3 Å². The van der Waals surface area contributed by atoms with Crippen molar-refractivity contribution in [2.75, 3.05) is 13.1 Å². The van der Waals surface area contributed by atoms with Crippen LogP contribution in [0, 0.1) is 17.1 Å². The van der Waals surface area contributed by atoms with Crippen molar-refractivity contribution in [2.24, 2.45) is 11.7 Å². The van der Waals surface area contributed by atoms with Crippen LogP contribution in [0.5, 0.6) is 0 Å². The Balaban J connectivity index is 2.61. The highest BCUT2D eigenvalue weighted by atomic mass is 19.1. The first-order valence-corrected chi connectivity index (χ1v) is 5.68.